The molecule has 0 radical (unpaired) electrons. The molecule has 0 aromatic heterocycles. The van der Waals surface area contributed by atoms with Crippen molar-refractivity contribution >= 4 is 17.6 Å². The van der Waals surface area contributed by atoms with E-state index in [2.05, 4.69) is 10.2 Å². The average molecular weight is 321 g/mol. The molecule has 1 saturated heterocycles. The zero-order valence-electron chi connectivity index (χ0n) is 13.5. The highest BCUT2D eigenvalue weighted by Gasteiger charge is 2.30. The Bertz CT molecular complexity index is 556. The van der Waals surface area contributed by atoms with Crippen LogP contribution in [0.1, 0.15) is 6.42 Å². The predicted molar refractivity (Wildman–Crippen MR) is 86.7 cm³/mol. The SMILES string of the molecule is COc1ccccc1NC(=O)C[C@@H](C(=O)O)N1CCN(C)CC1. The van der Waals surface area contributed by atoms with Gasteiger partial charge in [-0.1, -0.05) is 12.1 Å². The molecule has 0 bridgehead atoms. The Morgan fingerprint density at radius 2 is 1.91 bits per heavy atom. The van der Waals surface area contributed by atoms with Crippen LogP contribution >= 0.6 is 0 Å². The number of carbonyl (C=O) groups is 2. The summed E-state index contributed by atoms with van der Waals surface area (Å²) in [5, 5.41) is 12.2. The molecule has 2 rings (SSSR count). The molecule has 0 saturated carbocycles. The number of carboxylic acids is 1. The number of carboxylic acid groups (broad SMARTS) is 1. The van der Waals surface area contributed by atoms with E-state index in [9.17, 15) is 14.7 Å². The highest BCUT2D eigenvalue weighted by molar-refractivity contribution is 5.95. The number of methoxy groups -OCH3 is 1. The Balaban J connectivity index is 1.99. The molecule has 0 spiro atoms. The van der Waals surface area contributed by atoms with Gasteiger partial charge >= 0.3 is 5.97 Å². The van der Waals surface area contributed by atoms with E-state index in [1.807, 2.05) is 11.9 Å². The van der Waals surface area contributed by atoms with Crippen LogP contribution < -0.4 is 10.1 Å². The average Bonchev–Trinajstić information content (AvgIpc) is 2.54. The number of likely N-dealkylation sites (N-methyl/N-ethyl adjacent to an activating group) is 1. The highest BCUT2D eigenvalue weighted by atomic mass is 16.5. The van der Waals surface area contributed by atoms with E-state index in [-0.39, 0.29) is 12.3 Å². The number of rotatable bonds is 6. The first-order valence-electron chi connectivity index (χ1n) is 7.59. The van der Waals surface area contributed by atoms with Crippen LogP contribution in [0.2, 0.25) is 0 Å². The molecule has 1 heterocycles. The van der Waals surface area contributed by atoms with Gasteiger partial charge in [0.05, 0.1) is 19.2 Å². The summed E-state index contributed by atoms with van der Waals surface area (Å²) in [7, 11) is 3.52. The van der Waals surface area contributed by atoms with Crippen LogP contribution in [0.3, 0.4) is 0 Å². The number of ether oxygens (including phenoxy) is 1. The van der Waals surface area contributed by atoms with Crippen LogP contribution in [0.15, 0.2) is 24.3 Å². The second kappa shape index (κ2) is 7.94. The lowest BCUT2D eigenvalue weighted by Crippen LogP contribution is -2.52. The monoisotopic (exact) mass is 321 g/mol. The summed E-state index contributed by atoms with van der Waals surface area (Å²) in [6.07, 6.45) is -0.0862. The van der Waals surface area contributed by atoms with E-state index < -0.39 is 12.0 Å². The van der Waals surface area contributed by atoms with Gasteiger partial charge in [-0.25, -0.2) is 0 Å². The molecule has 23 heavy (non-hydrogen) atoms. The van der Waals surface area contributed by atoms with Gasteiger partial charge in [-0.05, 0) is 19.2 Å². The Morgan fingerprint density at radius 1 is 1.26 bits per heavy atom. The van der Waals surface area contributed by atoms with Gasteiger partial charge in [-0.15, -0.1) is 0 Å². The number of hydrogen-bond donors (Lipinski definition) is 2. The Labute approximate surface area is 135 Å². The van der Waals surface area contributed by atoms with Crippen molar-refractivity contribution in [1.29, 1.82) is 0 Å². The van der Waals surface area contributed by atoms with Crippen LogP contribution in [0.4, 0.5) is 5.69 Å². The smallest absolute Gasteiger partial charge is 0.321 e. The molecule has 1 aromatic carbocycles. The first-order chi connectivity index (χ1) is 11.0. The molecule has 7 nitrogen and oxygen atoms in total. The van der Waals surface area contributed by atoms with Crippen LogP contribution in [0.5, 0.6) is 5.75 Å². The summed E-state index contributed by atoms with van der Waals surface area (Å²) < 4.78 is 5.18. The maximum Gasteiger partial charge on any atom is 0.321 e. The molecule has 0 unspecified atom stereocenters. The summed E-state index contributed by atoms with van der Waals surface area (Å²) in [4.78, 5) is 27.8. The third-order valence-corrected chi connectivity index (χ3v) is 4.02. The highest BCUT2D eigenvalue weighted by Crippen LogP contribution is 2.23. The van der Waals surface area contributed by atoms with Crippen LogP contribution in [0, 0.1) is 0 Å². The van der Waals surface area contributed by atoms with Crippen LogP contribution in [-0.4, -0.2) is 73.2 Å². The lowest BCUT2D eigenvalue weighted by atomic mass is 10.1. The molecular weight excluding hydrogens is 298 g/mol. The van der Waals surface area contributed by atoms with Gasteiger partial charge in [0.25, 0.3) is 0 Å². The van der Waals surface area contributed by atoms with E-state index >= 15 is 0 Å². The van der Waals surface area contributed by atoms with Crippen molar-refractivity contribution in [3.8, 4) is 5.75 Å². The Hall–Kier alpha value is -2.12. The number of para-hydroxylation sites is 2. The van der Waals surface area contributed by atoms with E-state index in [4.69, 9.17) is 4.74 Å². The molecule has 1 aliphatic heterocycles. The third-order valence-electron chi connectivity index (χ3n) is 4.02. The Morgan fingerprint density at radius 3 is 2.52 bits per heavy atom. The van der Waals surface area contributed by atoms with Crippen molar-refractivity contribution < 1.29 is 19.4 Å². The van der Waals surface area contributed by atoms with E-state index in [1.54, 1.807) is 24.3 Å². The zero-order valence-corrected chi connectivity index (χ0v) is 13.5. The summed E-state index contributed by atoms with van der Waals surface area (Å²) in [6.45, 7) is 2.90. The fraction of sp³-hybridized carbons (Fsp3) is 0.500. The molecule has 1 aliphatic rings. The van der Waals surface area contributed by atoms with Crippen molar-refractivity contribution in [2.45, 2.75) is 12.5 Å². The first kappa shape index (κ1) is 17.2. The molecule has 0 aliphatic carbocycles. The normalized spacial score (nSPS) is 17.5. The van der Waals surface area contributed by atoms with Crippen LogP contribution in [-0.2, 0) is 9.59 Å². The minimum atomic E-state index is -0.968. The Kier molecular flexibility index (Phi) is 5.95. The van der Waals surface area contributed by atoms with Gasteiger partial charge in [-0.3, -0.25) is 14.5 Å². The molecule has 1 atom stereocenters. The molecule has 126 valence electrons. The minimum absolute atomic E-state index is 0.0862. The third kappa shape index (κ3) is 4.67. The van der Waals surface area contributed by atoms with E-state index in [1.165, 1.54) is 7.11 Å². The quantitative estimate of drug-likeness (QED) is 0.804. The standard InChI is InChI=1S/C16H23N3O4/c1-18-7-9-19(10-8-18)13(16(21)22)11-15(20)17-12-5-3-4-6-14(12)23-2/h3-6,13H,7-11H2,1-2H3,(H,17,20)(H,21,22)/t13-/m0/s1. The maximum atomic E-state index is 12.2. The lowest BCUT2D eigenvalue weighted by molar-refractivity contribution is -0.145. The van der Waals surface area contributed by atoms with Crippen molar-refractivity contribution in [3.05, 3.63) is 24.3 Å². The first-order valence-corrected chi connectivity index (χ1v) is 7.59. The molecule has 2 N–H and O–H groups in total. The van der Waals surface area contributed by atoms with Gasteiger partial charge < -0.3 is 20.1 Å². The summed E-state index contributed by atoms with van der Waals surface area (Å²) in [5.74, 6) is -0.752. The number of carbonyl (C=O) groups excluding carboxylic acids is 1. The molecule has 7 heteroatoms. The minimum Gasteiger partial charge on any atom is -0.495 e. The summed E-state index contributed by atoms with van der Waals surface area (Å²) in [5.41, 5.74) is 0.544. The maximum absolute atomic E-state index is 12.2. The number of hydrogen-bond acceptors (Lipinski definition) is 5. The van der Waals surface area contributed by atoms with Gasteiger partial charge in [0.1, 0.15) is 11.8 Å². The van der Waals surface area contributed by atoms with E-state index in [0.29, 0.717) is 24.5 Å². The number of anilines is 1. The molecule has 1 fully saturated rings. The number of amides is 1. The fourth-order valence-corrected chi connectivity index (χ4v) is 2.63. The van der Waals surface area contributed by atoms with Crippen molar-refractivity contribution in [2.24, 2.45) is 0 Å². The number of nitrogens with one attached hydrogen (secondary N) is 1. The van der Waals surface area contributed by atoms with Gasteiger partial charge in [0, 0.05) is 26.2 Å². The van der Waals surface area contributed by atoms with Gasteiger partial charge in [-0.2, -0.15) is 0 Å². The second-order valence-corrected chi connectivity index (χ2v) is 5.65. The largest absolute Gasteiger partial charge is 0.495 e. The van der Waals surface area contributed by atoms with Gasteiger partial charge in [0.15, 0.2) is 0 Å². The zero-order chi connectivity index (χ0) is 16.8. The number of piperazine rings is 1. The number of nitrogens with zero attached hydrogens (tertiary/aromatic N) is 2. The summed E-state index contributed by atoms with van der Waals surface area (Å²) in [6, 6.07) is 6.25. The number of benzene rings is 1. The molecule has 1 amide bonds. The van der Waals surface area contributed by atoms with Crippen molar-refractivity contribution in [1.82, 2.24) is 9.80 Å². The molecular formula is C16H23N3O4. The van der Waals surface area contributed by atoms with Crippen molar-refractivity contribution in [2.75, 3.05) is 45.7 Å². The topological polar surface area (TPSA) is 82.1 Å². The fourth-order valence-electron chi connectivity index (χ4n) is 2.63. The second-order valence-electron chi connectivity index (χ2n) is 5.65. The lowest BCUT2D eigenvalue weighted by Gasteiger charge is -2.35. The molecule has 1 aromatic rings. The van der Waals surface area contributed by atoms with Crippen LogP contribution in [0.25, 0.3) is 0 Å². The summed E-state index contributed by atoms with van der Waals surface area (Å²) >= 11 is 0. The van der Waals surface area contributed by atoms with E-state index in [0.717, 1.165) is 13.1 Å². The number of aliphatic carboxylic acids is 1. The predicted octanol–water partition coefficient (Wildman–Crippen LogP) is 0.724. The van der Waals surface area contributed by atoms with Crippen molar-refractivity contribution in [3.63, 3.8) is 0 Å². The van der Waals surface area contributed by atoms with Gasteiger partial charge in [0.2, 0.25) is 5.91 Å².